The van der Waals surface area contributed by atoms with Gasteiger partial charge in [-0.15, -0.1) is 0 Å². The molecule has 0 aromatic carbocycles. The third-order valence-corrected chi connectivity index (χ3v) is 2.28. The fourth-order valence-corrected chi connectivity index (χ4v) is 1.38. The number of esters is 1. The quantitative estimate of drug-likeness (QED) is 0.404. The minimum atomic E-state index is -0.135. The maximum atomic E-state index is 10.8. The van der Waals surface area contributed by atoms with Crippen LogP contribution in [-0.4, -0.2) is 13.1 Å². The summed E-state index contributed by atoms with van der Waals surface area (Å²) in [6.45, 7) is 0. The first-order valence-corrected chi connectivity index (χ1v) is 5.57. The van der Waals surface area contributed by atoms with Crippen LogP contribution in [0.3, 0.4) is 0 Å². The van der Waals surface area contributed by atoms with Gasteiger partial charge in [-0.25, -0.2) is 0 Å². The fourth-order valence-electron chi connectivity index (χ4n) is 1.38. The van der Waals surface area contributed by atoms with Crippen molar-refractivity contribution in [3.63, 3.8) is 0 Å². The van der Waals surface area contributed by atoms with E-state index in [1.54, 1.807) is 6.26 Å². The van der Waals surface area contributed by atoms with Gasteiger partial charge in [0.15, 0.2) is 0 Å². The number of methoxy groups -OCH3 is 1. The smallest absolute Gasteiger partial charge is 0.305 e. The van der Waals surface area contributed by atoms with Crippen molar-refractivity contribution in [3.05, 3.63) is 36.3 Å². The molecule has 3 nitrogen and oxygen atoms in total. The fraction of sp³-hybridized carbons (Fsp3) is 0.462. The first-order valence-electron chi connectivity index (χ1n) is 5.57. The monoisotopic (exact) mass is 222 g/mol. The van der Waals surface area contributed by atoms with E-state index in [9.17, 15) is 4.79 Å². The maximum absolute atomic E-state index is 10.8. The zero-order chi connectivity index (χ0) is 11.6. The molecule has 1 rings (SSSR count). The number of allylic oxidation sites excluding steroid dienone is 2. The van der Waals surface area contributed by atoms with Crippen LogP contribution in [0.15, 0.2) is 35.0 Å². The van der Waals surface area contributed by atoms with Crippen molar-refractivity contribution in [1.29, 1.82) is 0 Å². The molecule has 16 heavy (non-hydrogen) atoms. The topological polar surface area (TPSA) is 39.4 Å². The molecule has 1 heterocycles. The van der Waals surface area contributed by atoms with Crippen molar-refractivity contribution in [3.8, 4) is 0 Å². The summed E-state index contributed by atoms with van der Waals surface area (Å²) >= 11 is 0. The third-order valence-electron chi connectivity index (χ3n) is 2.28. The van der Waals surface area contributed by atoms with Crippen LogP contribution in [0, 0.1) is 0 Å². The standard InChI is InChI=1S/C13H18O3/c1-15-13(14)10-6-4-2-3-5-8-12-9-7-11-16-12/h2-3,7,9,11H,4-6,8,10H2,1H3. The predicted octanol–water partition coefficient (Wildman–Crippen LogP) is 3.11. The molecule has 0 saturated heterocycles. The van der Waals surface area contributed by atoms with Gasteiger partial charge < -0.3 is 9.15 Å². The highest BCUT2D eigenvalue weighted by Gasteiger charge is 1.97. The van der Waals surface area contributed by atoms with Gasteiger partial charge >= 0.3 is 5.97 Å². The molecule has 0 aliphatic carbocycles. The molecule has 0 aliphatic rings. The van der Waals surface area contributed by atoms with Gasteiger partial charge in [-0.1, -0.05) is 12.2 Å². The van der Waals surface area contributed by atoms with Gasteiger partial charge in [0.05, 0.1) is 13.4 Å². The summed E-state index contributed by atoms with van der Waals surface area (Å²) in [6.07, 6.45) is 10.1. The molecule has 1 aromatic heterocycles. The highest BCUT2D eigenvalue weighted by Crippen LogP contribution is 2.05. The first kappa shape index (κ1) is 12.6. The molecule has 0 amide bonds. The van der Waals surface area contributed by atoms with E-state index in [2.05, 4.69) is 16.9 Å². The lowest BCUT2D eigenvalue weighted by atomic mass is 10.2. The second-order valence-corrected chi connectivity index (χ2v) is 3.56. The minimum Gasteiger partial charge on any atom is -0.469 e. The van der Waals surface area contributed by atoms with Crippen LogP contribution in [0.2, 0.25) is 0 Å². The Morgan fingerprint density at radius 2 is 2.25 bits per heavy atom. The number of rotatable bonds is 7. The molecule has 0 spiro atoms. The van der Waals surface area contributed by atoms with Crippen LogP contribution < -0.4 is 0 Å². The molecule has 0 atom stereocenters. The van der Waals surface area contributed by atoms with E-state index in [4.69, 9.17) is 4.42 Å². The molecule has 1 aromatic rings. The van der Waals surface area contributed by atoms with Gasteiger partial charge in [-0.2, -0.15) is 0 Å². The highest BCUT2D eigenvalue weighted by molar-refractivity contribution is 5.68. The van der Waals surface area contributed by atoms with E-state index >= 15 is 0 Å². The lowest BCUT2D eigenvalue weighted by Crippen LogP contribution is -1.98. The SMILES string of the molecule is COC(=O)CCCC=CCCc1ccco1. The van der Waals surface area contributed by atoms with Crippen LogP contribution in [0.25, 0.3) is 0 Å². The Morgan fingerprint density at radius 3 is 2.94 bits per heavy atom. The molecule has 0 fully saturated rings. The molecule has 0 N–H and O–H groups in total. The second kappa shape index (κ2) is 7.74. The molecule has 0 aliphatic heterocycles. The van der Waals surface area contributed by atoms with Crippen molar-refractivity contribution < 1.29 is 13.9 Å². The number of carbonyl (C=O) groups is 1. The average molecular weight is 222 g/mol. The number of aryl methyl sites for hydroxylation is 1. The van der Waals surface area contributed by atoms with E-state index < -0.39 is 0 Å². The van der Waals surface area contributed by atoms with Gasteiger partial charge in [0, 0.05) is 12.8 Å². The predicted molar refractivity (Wildman–Crippen MR) is 62.0 cm³/mol. The summed E-state index contributed by atoms with van der Waals surface area (Å²) < 4.78 is 9.76. The second-order valence-electron chi connectivity index (χ2n) is 3.56. The van der Waals surface area contributed by atoms with Gasteiger partial charge in [0.1, 0.15) is 5.76 Å². The number of carbonyl (C=O) groups excluding carboxylic acids is 1. The maximum Gasteiger partial charge on any atom is 0.305 e. The Labute approximate surface area is 96.1 Å². The Hall–Kier alpha value is -1.51. The zero-order valence-corrected chi connectivity index (χ0v) is 9.65. The normalized spacial score (nSPS) is 10.8. The van der Waals surface area contributed by atoms with Gasteiger partial charge in [-0.3, -0.25) is 4.79 Å². The van der Waals surface area contributed by atoms with Crippen LogP contribution in [-0.2, 0) is 16.0 Å². The summed E-state index contributed by atoms with van der Waals surface area (Å²) in [4.78, 5) is 10.8. The van der Waals surface area contributed by atoms with Crippen molar-refractivity contribution >= 4 is 5.97 Å². The Morgan fingerprint density at radius 1 is 1.44 bits per heavy atom. The summed E-state index contributed by atoms with van der Waals surface area (Å²) in [5.41, 5.74) is 0. The lowest BCUT2D eigenvalue weighted by molar-refractivity contribution is -0.140. The molecule has 0 unspecified atom stereocenters. The molecular formula is C13H18O3. The molecule has 0 bridgehead atoms. The average Bonchev–Trinajstić information content (AvgIpc) is 2.80. The highest BCUT2D eigenvalue weighted by atomic mass is 16.5. The molecule has 88 valence electrons. The van der Waals surface area contributed by atoms with Crippen molar-refractivity contribution in [2.24, 2.45) is 0 Å². The minimum absolute atomic E-state index is 0.135. The molecular weight excluding hydrogens is 204 g/mol. The zero-order valence-electron chi connectivity index (χ0n) is 9.65. The summed E-state index contributed by atoms with van der Waals surface area (Å²) in [5, 5.41) is 0. The summed E-state index contributed by atoms with van der Waals surface area (Å²) in [7, 11) is 1.42. The lowest BCUT2D eigenvalue weighted by Gasteiger charge is -1.95. The van der Waals surface area contributed by atoms with E-state index in [0.717, 1.165) is 31.4 Å². The Kier molecular flexibility index (Phi) is 6.07. The first-order chi connectivity index (χ1) is 7.83. The number of hydrogen-bond acceptors (Lipinski definition) is 3. The van der Waals surface area contributed by atoms with Gasteiger partial charge in [0.2, 0.25) is 0 Å². The molecule has 3 heteroatoms. The van der Waals surface area contributed by atoms with Gasteiger partial charge in [0.25, 0.3) is 0 Å². The number of furan rings is 1. The molecule has 0 saturated carbocycles. The number of unbranched alkanes of at least 4 members (excludes halogenated alkanes) is 1. The number of hydrogen-bond donors (Lipinski definition) is 0. The van der Waals surface area contributed by atoms with Crippen molar-refractivity contribution in [1.82, 2.24) is 0 Å². The Balaban J connectivity index is 1.99. The van der Waals surface area contributed by atoms with Crippen molar-refractivity contribution in [2.75, 3.05) is 7.11 Å². The van der Waals surface area contributed by atoms with Crippen LogP contribution in [0.5, 0.6) is 0 Å². The van der Waals surface area contributed by atoms with E-state index in [0.29, 0.717) is 6.42 Å². The molecule has 0 radical (unpaired) electrons. The van der Waals surface area contributed by atoms with E-state index in [1.165, 1.54) is 7.11 Å². The Bertz CT molecular complexity index is 312. The van der Waals surface area contributed by atoms with E-state index in [1.807, 2.05) is 12.1 Å². The van der Waals surface area contributed by atoms with Crippen molar-refractivity contribution in [2.45, 2.75) is 32.1 Å². The van der Waals surface area contributed by atoms with Gasteiger partial charge in [-0.05, 0) is 31.4 Å². The van der Waals surface area contributed by atoms with Crippen LogP contribution in [0.1, 0.15) is 31.4 Å². The third kappa shape index (κ3) is 5.39. The summed E-state index contributed by atoms with van der Waals surface area (Å²) in [6, 6.07) is 3.88. The van der Waals surface area contributed by atoms with Crippen LogP contribution >= 0.6 is 0 Å². The van der Waals surface area contributed by atoms with E-state index in [-0.39, 0.29) is 5.97 Å². The summed E-state index contributed by atoms with van der Waals surface area (Å²) in [5.74, 6) is 0.878. The largest absolute Gasteiger partial charge is 0.469 e. The van der Waals surface area contributed by atoms with Crippen LogP contribution in [0.4, 0.5) is 0 Å². The number of ether oxygens (including phenoxy) is 1.